The molecule has 2 amide bonds. The summed E-state index contributed by atoms with van der Waals surface area (Å²) in [7, 11) is 1.59. The van der Waals surface area contributed by atoms with Crippen LogP contribution in [-0.4, -0.2) is 30.9 Å². The van der Waals surface area contributed by atoms with Gasteiger partial charge in [-0.1, -0.05) is 41.9 Å². The van der Waals surface area contributed by atoms with Crippen molar-refractivity contribution in [3.63, 3.8) is 0 Å². The second kappa shape index (κ2) is 8.57. The molecule has 0 unspecified atom stereocenters. The molecule has 0 fully saturated rings. The predicted octanol–water partition coefficient (Wildman–Crippen LogP) is 3.12. The molecule has 0 spiro atoms. The molecule has 6 heteroatoms. The zero-order valence-electron chi connectivity index (χ0n) is 13.6. The Bertz CT molecular complexity index is 691. The Hall–Kier alpha value is -2.24. The minimum absolute atomic E-state index is 0.166. The summed E-state index contributed by atoms with van der Waals surface area (Å²) in [5, 5.41) is 15.4. The first-order valence-electron chi connectivity index (χ1n) is 7.62. The van der Waals surface area contributed by atoms with E-state index in [1.807, 2.05) is 42.5 Å². The Labute approximate surface area is 146 Å². The summed E-state index contributed by atoms with van der Waals surface area (Å²) in [5.74, 6) is 0.691. The number of halogens is 1. The van der Waals surface area contributed by atoms with Crippen LogP contribution in [0, 0.1) is 0 Å². The third kappa shape index (κ3) is 4.88. The van der Waals surface area contributed by atoms with E-state index in [4.69, 9.17) is 16.3 Å². The molecule has 2 rings (SSSR count). The summed E-state index contributed by atoms with van der Waals surface area (Å²) in [6.45, 7) is 1.77. The third-order valence-corrected chi connectivity index (χ3v) is 3.82. The fraction of sp³-hybridized carbons (Fsp3) is 0.278. The van der Waals surface area contributed by atoms with Gasteiger partial charge < -0.3 is 20.5 Å². The van der Waals surface area contributed by atoms with Gasteiger partial charge in [-0.2, -0.15) is 0 Å². The van der Waals surface area contributed by atoms with E-state index in [2.05, 4.69) is 10.6 Å². The largest absolute Gasteiger partial charge is 0.497 e. The number of amides is 2. The van der Waals surface area contributed by atoms with E-state index in [-0.39, 0.29) is 12.6 Å². The first-order chi connectivity index (χ1) is 11.5. The molecule has 0 aromatic heterocycles. The topological polar surface area (TPSA) is 70.6 Å². The summed E-state index contributed by atoms with van der Waals surface area (Å²) in [6.07, 6.45) is -0.619. The number of benzene rings is 2. The number of hydrogen-bond donors (Lipinski definition) is 3. The van der Waals surface area contributed by atoms with Crippen molar-refractivity contribution in [2.45, 2.75) is 19.1 Å². The minimum Gasteiger partial charge on any atom is -0.497 e. The highest BCUT2D eigenvalue weighted by atomic mass is 35.5. The van der Waals surface area contributed by atoms with Crippen LogP contribution in [0.3, 0.4) is 0 Å². The summed E-state index contributed by atoms with van der Waals surface area (Å²) in [5.41, 5.74) is 1.62. The fourth-order valence-corrected chi connectivity index (χ4v) is 2.54. The fourth-order valence-electron chi connectivity index (χ4n) is 2.29. The number of aliphatic hydroxyl groups is 1. The van der Waals surface area contributed by atoms with E-state index in [0.29, 0.717) is 10.8 Å². The van der Waals surface area contributed by atoms with Crippen molar-refractivity contribution in [2.24, 2.45) is 0 Å². The number of nitrogens with one attached hydrogen (secondary N) is 2. The lowest BCUT2D eigenvalue weighted by atomic mass is 9.98. The number of carbonyl (C=O) groups excluding carboxylic acids is 1. The van der Waals surface area contributed by atoms with Crippen molar-refractivity contribution in [1.29, 1.82) is 0 Å². The lowest BCUT2D eigenvalue weighted by molar-refractivity contribution is 0.187. The Morgan fingerprint density at radius 1 is 1.25 bits per heavy atom. The number of carbonyl (C=O) groups is 1. The Morgan fingerprint density at radius 2 is 2.00 bits per heavy atom. The number of methoxy groups -OCH3 is 1. The second-order valence-electron chi connectivity index (χ2n) is 5.43. The molecular formula is C18H21ClN2O3. The van der Waals surface area contributed by atoms with Crippen molar-refractivity contribution in [1.82, 2.24) is 10.6 Å². The molecule has 0 radical (unpaired) electrons. The van der Waals surface area contributed by atoms with Crippen LogP contribution in [0.2, 0.25) is 5.02 Å². The van der Waals surface area contributed by atoms with E-state index >= 15 is 0 Å². The normalized spacial score (nSPS) is 13.0. The monoisotopic (exact) mass is 348 g/mol. The van der Waals surface area contributed by atoms with E-state index in [9.17, 15) is 9.90 Å². The van der Waals surface area contributed by atoms with Crippen molar-refractivity contribution in [3.8, 4) is 5.75 Å². The molecule has 128 valence electrons. The van der Waals surface area contributed by atoms with Crippen LogP contribution < -0.4 is 15.4 Å². The van der Waals surface area contributed by atoms with Gasteiger partial charge in [0.25, 0.3) is 0 Å². The number of rotatable bonds is 6. The van der Waals surface area contributed by atoms with E-state index in [1.165, 1.54) is 0 Å². The van der Waals surface area contributed by atoms with Crippen molar-refractivity contribution in [3.05, 3.63) is 64.7 Å². The molecule has 0 aliphatic heterocycles. The van der Waals surface area contributed by atoms with Gasteiger partial charge in [0.1, 0.15) is 5.75 Å². The highest BCUT2D eigenvalue weighted by molar-refractivity contribution is 6.31. The Balaban J connectivity index is 2.31. The molecular weight excluding hydrogens is 328 g/mol. The van der Waals surface area contributed by atoms with Gasteiger partial charge in [0.05, 0.1) is 19.3 Å². The highest BCUT2D eigenvalue weighted by Crippen LogP contribution is 2.29. The van der Waals surface area contributed by atoms with Gasteiger partial charge in [-0.05, 0) is 36.2 Å². The van der Waals surface area contributed by atoms with Crippen LogP contribution in [0.1, 0.15) is 24.1 Å². The van der Waals surface area contributed by atoms with Crippen LogP contribution in [-0.2, 0) is 0 Å². The summed E-state index contributed by atoms with van der Waals surface area (Å²) in [4.78, 5) is 12.2. The molecule has 24 heavy (non-hydrogen) atoms. The van der Waals surface area contributed by atoms with E-state index < -0.39 is 12.1 Å². The summed E-state index contributed by atoms with van der Waals surface area (Å²) < 4.78 is 5.26. The maximum Gasteiger partial charge on any atom is 0.315 e. The first-order valence-corrected chi connectivity index (χ1v) is 8.00. The number of urea groups is 1. The summed E-state index contributed by atoms with van der Waals surface area (Å²) in [6, 6.07) is 13.9. The van der Waals surface area contributed by atoms with Gasteiger partial charge in [0.2, 0.25) is 0 Å². The molecule has 0 heterocycles. The van der Waals surface area contributed by atoms with Crippen LogP contribution in [0.5, 0.6) is 5.75 Å². The van der Waals surface area contributed by atoms with Gasteiger partial charge in [0, 0.05) is 11.6 Å². The number of aliphatic hydroxyl groups excluding tert-OH is 1. The van der Waals surface area contributed by atoms with Gasteiger partial charge >= 0.3 is 6.03 Å². The molecule has 0 aliphatic rings. The van der Waals surface area contributed by atoms with E-state index in [1.54, 1.807) is 20.1 Å². The van der Waals surface area contributed by atoms with Crippen LogP contribution in [0.4, 0.5) is 4.79 Å². The second-order valence-corrected chi connectivity index (χ2v) is 5.84. The third-order valence-electron chi connectivity index (χ3n) is 3.48. The summed E-state index contributed by atoms with van der Waals surface area (Å²) >= 11 is 6.31. The van der Waals surface area contributed by atoms with Crippen LogP contribution >= 0.6 is 11.6 Å². The lowest BCUT2D eigenvalue weighted by Gasteiger charge is -2.22. The zero-order chi connectivity index (χ0) is 17.5. The molecule has 2 aromatic carbocycles. The molecule has 2 atom stereocenters. The molecule has 0 bridgehead atoms. The standard InChI is InChI=1S/C18H21ClN2O3/c1-12(22)11-20-18(23)21-17(15-8-3-4-9-16(15)19)13-6-5-7-14(10-13)24-2/h3-10,12,17,22H,11H2,1-2H3,(H2,20,21,23)/t12-,17+/m1/s1. The minimum atomic E-state index is -0.619. The maximum absolute atomic E-state index is 12.2. The van der Waals surface area contributed by atoms with E-state index in [0.717, 1.165) is 11.1 Å². The quantitative estimate of drug-likeness (QED) is 0.751. The molecule has 0 saturated carbocycles. The predicted molar refractivity (Wildman–Crippen MR) is 94.5 cm³/mol. The first kappa shape index (κ1) is 18.1. The van der Waals surface area contributed by atoms with Gasteiger partial charge in [-0.3, -0.25) is 0 Å². The Kier molecular flexibility index (Phi) is 6.46. The average molecular weight is 349 g/mol. The molecule has 0 saturated heterocycles. The van der Waals surface area contributed by atoms with Crippen molar-refractivity contribution >= 4 is 17.6 Å². The highest BCUT2D eigenvalue weighted by Gasteiger charge is 2.20. The zero-order valence-corrected chi connectivity index (χ0v) is 14.4. The number of hydrogen-bond acceptors (Lipinski definition) is 3. The molecule has 0 aliphatic carbocycles. The lowest BCUT2D eigenvalue weighted by Crippen LogP contribution is -2.41. The smallest absolute Gasteiger partial charge is 0.315 e. The molecule has 2 aromatic rings. The Morgan fingerprint density at radius 3 is 2.67 bits per heavy atom. The SMILES string of the molecule is COc1cccc([C@H](NC(=O)NC[C@@H](C)O)c2ccccc2Cl)c1. The van der Waals surface area contributed by atoms with Gasteiger partial charge in [0.15, 0.2) is 0 Å². The maximum atomic E-state index is 12.2. The van der Waals surface area contributed by atoms with Gasteiger partial charge in [-0.15, -0.1) is 0 Å². The van der Waals surface area contributed by atoms with Gasteiger partial charge in [-0.25, -0.2) is 4.79 Å². The molecule has 5 nitrogen and oxygen atoms in total. The van der Waals surface area contributed by atoms with Crippen molar-refractivity contribution in [2.75, 3.05) is 13.7 Å². The molecule has 3 N–H and O–H groups in total. The van der Waals surface area contributed by atoms with Crippen LogP contribution in [0.15, 0.2) is 48.5 Å². The average Bonchev–Trinajstić information content (AvgIpc) is 2.58. The van der Waals surface area contributed by atoms with Crippen LogP contribution in [0.25, 0.3) is 0 Å². The van der Waals surface area contributed by atoms with Crippen molar-refractivity contribution < 1.29 is 14.6 Å². The number of ether oxygens (including phenoxy) is 1.